The minimum absolute atomic E-state index is 0.703. The zero-order valence-corrected chi connectivity index (χ0v) is 21.6. The minimum atomic E-state index is 0.703. The van der Waals surface area contributed by atoms with Crippen LogP contribution in [-0.4, -0.2) is 0 Å². The molecule has 4 aromatic rings. The Bertz CT molecular complexity index is 1270. The number of rotatable bonds is 4. The number of nitrogens with zero attached hydrogens (tertiary/aromatic N) is 2. The molecule has 0 saturated heterocycles. The van der Waals surface area contributed by atoms with Crippen molar-refractivity contribution in [3.8, 4) is 33.8 Å². The normalized spacial score (nSPS) is 14.4. The second kappa shape index (κ2) is 9.76. The number of pyridine rings is 2. The van der Waals surface area contributed by atoms with Gasteiger partial charge in [-0.15, -0.1) is 2.78 Å². The van der Waals surface area contributed by atoms with Gasteiger partial charge in [0.1, 0.15) is 7.05 Å². The van der Waals surface area contributed by atoms with Crippen LogP contribution >= 0.6 is 22.9 Å². The summed E-state index contributed by atoms with van der Waals surface area (Å²) in [7, 11) is 2.16. The topological polar surface area (TPSA) is 7.76 Å². The van der Waals surface area contributed by atoms with E-state index in [0.717, 1.165) is 0 Å². The molecule has 2 aromatic heterocycles. The van der Waals surface area contributed by atoms with E-state index >= 15 is 0 Å². The lowest BCUT2D eigenvalue weighted by atomic mass is 9.84. The van der Waals surface area contributed by atoms with Gasteiger partial charge in [0.15, 0.2) is 6.20 Å². The number of aromatic nitrogens is 2. The molecular formula is C30H31IN2+2. The molecule has 0 N–H and O–H groups in total. The van der Waals surface area contributed by atoms with Crippen LogP contribution in [0.15, 0.2) is 85.1 Å². The molecule has 0 spiro atoms. The average molecular weight is 546 g/mol. The summed E-state index contributed by atoms with van der Waals surface area (Å²) >= 11 is 2.48. The Kier molecular flexibility index (Phi) is 6.59. The summed E-state index contributed by atoms with van der Waals surface area (Å²) < 4.78 is 4.59. The van der Waals surface area contributed by atoms with Crippen molar-refractivity contribution in [3.63, 3.8) is 0 Å². The van der Waals surface area contributed by atoms with Crippen LogP contribution in [-0.2, 0) is 7.05 Å². The molecule has 0 bridgehead atoms. The fourth-order valence-electron chi connectivity index (χ4n) is 5.11. The number of halogens is 1. The standard InChI is InChI=1S/C30H31IN2/c1-22-16-17-25(23-10-5-3-6-11-23)20-27(22)28-14-9-15-29(33(28)31)30-21-26(18-19-32(30)2)24-12-7-4-8-13-24/h3,5-6,9-11,14-21,24H,4,7-8,12-13H2,1-2H3/q+2. The molecule has 0 atom stereocenters. The van der Waals surface area contributed by atoms with Crippen LogP contribution < -0.4 is 7.35 Å². The molecule has 3 heteroatoms. The van der Waals surface area contributed by atoms with Crippen molar-refractivity contribution in [2.24, 2.45) is 7.05 Å². The van der Waals surface area contributed by atoms with Gasteiger partial charge in [0, 0.05) is 24.3 Å². The maximum atomic E-state index is 2.48. The number of aryl methyl sites for hydroxylation is 2. The Morgan fingerprint density at radius 1 is 0.727 bits per heavy atom. The molecule has 33 heavy (non-hydrogen) atoms. The predicted octanol–water partition coefficient (Wildman–Crippen LogP) is 7.35. The molecule has 2 nitrogen and oxygen atoms in total. The Morgan fingerprint density at radius 3 is 2.27 bits per heavy atom. The van der Waals surface area contributed by atoms with Crippen LogP contribution in [0.5, 0.6) is 0 Å². The first-order valence-electron chi connectivity index (χ1n) is 12.0. The molecule has 0 radical (unpaired) electrons. The van der Waals surface area contributed by atoms with E-state index in [9.17, 15) is 0 Å². The Hall–Kier alpha value is -2.53. The van der Waals surface area contributed by atoms with Crippen LogP contribution in [0.4, 0.5) is 0 Å². The first kappa shape index (κ1) is 22.3. The molecule has 0 unspecified atom stereocenters. The molecule has 0 amide bonds. The van der Waals surface area contributed by atoms with Crippen molar-refractivity contribution >= 4 is 22.9 Å². The Morgan fingerprint density at radius 2 is 1.48 bits per heavy atom. The first-order chi connectivity index (χ1) is 16.1. The van der Waals surface area contributed by atoms with Crippen molar-refractivity contribution in [2.45, 2.75) is 44.9 Å². The fraction of sp³-hybridized carbons (Fsp3) is 0.267. The highest BCUT2D eigenvalue weighted by atomic mass is 127. The first-order valence-corrected chi connectivity index (χ1v) is 13.0. The van der Waals surface area contributed by atoms with Gasteiger partial charge in [-0.05, 0) is 60.1 Å². The molecule has 2 aromatic carbocycles. The van der Waals surface area contributed by atoms with Crippen LogP contribution in [0.2, 0.25) is 0 Å². The molecule has 0 aliphatic heterocycles. The summed E-state index contributed by atoms with van der Waals surface area (Å²) in [6, 6.07) is 28.9. The SMILES string of the molecule is Cc1ccc(-c2ccccc2)cc1-c1cccc(-c2cc(C3CCCCC3)cc[n+]2C)[n+]1I. The monoisotopic (exact) mass is 546 g/mol. The van der Waals surface area contributed by atoms with E-state index in [2.05, 4.69) is 129 Å². The minimum Gasteiger partial charge on any atom is -0.196 e. The molecule has 1 saturated carbocycles. The van der Waals surface area contributed by atoms with Gasteiger partial charge in [-0.2, -0.15) is 4.57 Å². The van der Waals surface area contributed by atoms with Crippen molar-refractivity contribution in [3.05, 3.63) is 96.2 Å². The van der Waals surface area contributed by atoms with Crippen molar-refractivity contribution < 1.29 is 7.35 Å². The second-order valence-electron chi connectivity index (χ2n) is 9.26. The summed E-state index contributed by atoms with van der Waals surface area (Å²) in [5.41, 5.74) is 10.3. The zero-order valence-electron chi connectivity index (χ0n) is 19.5. The second-order valence-corrected chi connectivity index (χ2v) is 10.2. The number of benzene rings is 2. The summed E-state index contributed by atoms with van der Waals surface area (Å²) in [6.45, 7) is 2.21. The third kappa shape index (κ3) is 4.61. The number of hydrogen-bond donors (Lipinski definition) is 0. The van der Waals surface area contributed by atoms with Crippen molar-refractivity contribution in [1.82, 2.24) is 0 Å². The third-order valence-corrected chi connectivity index (χ3v) is 8.10. The fourth-order valence-corrected chi connectivity index (χ4v) is 5.94. The van der Waals surface area contributed by atoms with E-state index in [0.29, 0.717) is 5.92 Å². The van der Waals surface area contributed by atoms with Crippen LogP contribution in [0, 0.1) is 6.92 Å². The molecule has 1 aliphatic rings. The maximum absolute atomic E-state index is 2.48. The summed E-state index contributed by atoms with van der Waals surface area (Å²) in [6.07, 6.45) is 9.00. The van der Waals surface area contributed by atoms with E-state index in [1.165, 1.54) is 77.0 Å². The van der Waals surface area contributed by atoms with Crippen molar-refractivity contribution in [2.75, 3.05) is 0 Å². The van der Waals surface area contributed by atoms with Gasteiger partial charge < -0.3 is 0 Å². The van der Waals surface area contributed by atoms with Gasteiger partial charge in [0.05, 0.1) is 5.56 Å². The smallest absolute Gasteiger partial charge is 0.196 e. The van der Waals surface area contributed by atoms with E-state index in [4.69, 9.17) is 0 Å². The molecular weight excluding hydrogens is 515 g/mol. The van der Waals surface area contributed by atoms with Gasteiger partial charge in [0.25, 0.3) is 11.4 Å². The highest BCUT2D eigenvalue weighted by Crippen LogP contribution is 2.34. The summed E-state index contributed by atoms with van der Waals surface area (Å²) in [4.78, 5) is 0. The van der Waals surface area contributed by atoms with Crippen LogP contribution in [0.3, 0.4) is 0 Å². The van der Waals surface area contributed by atoms with Gasteiger partial charge in [-0.1, -0.05) is 61.7 Å². The van der Waals surface area contributed by atoms with Gasteiger partial charge >= 0.3 is 22.9 Å². The molecule has 166 valence electrons. The summed E-state index contributed by atoms with van der Waals surface area (Å²) in [5, 5.41) is 0. The highest BCUT2D eigenvalue weighted by Gasteiger charge is 2.27. The van der Waals surface area contributed by atoms with E-state index in [1.54, 1.807) is 0 Å². The molecule has 5 rings (SSSR count). The maximum Gasteiger partial charge on any atom is 0.355 e. The van der Waals surface area contributed by atoms with Crippen LogP contribution in [0.1, 0.15) is 49.1 Å². The van der Waals surface area contributed by atoms with E-state index in [-0.39, 0.29) is 0 Å². The lowest BCUT2D eigenvalue weighted by Gasteiger charge is -2.21. The molecule has 1 aliphatic carbocycles. The lowest BCUT2D eigenvalue weighted by molar-refractivity contribution is -0.664. The van der Waals surface area contributed by atoms with E-state index in [1.807, 2.05) is 0 Å². The molecule has 2 heterocycles. The lowest BCUT2D eigenvalue weighted by Crippen LogP contribution is -2.36. The largest absolute Gasteiger partial charge is 0.355 e. The molecule has 1 fully saturated rings. The highest BCUT2D eigenvalue weighted by molar-refractivity contribution is 14.1. The predicted molar refractivity (Wildman–Crippen MR) is 144 cm³/mol. The van der Waals surface area contributed by atoms with Gasteiger partial charge in [0.2, 0.25) is 5.69 Å². The summed E-state index contributed by atoms with van der Waals surface area (Å²) in [5.74, 6) is 0.703. The van der Waals surface area contributed by atoms with E-state index < -0.39 is 0 Å². The van der Waals surface area contributed by atoms with Crippen molar-refractivity contribution in [1.29, 1.82) is 0 Å². The average Bonchev–Trinajstić information content (AvgIpc) is 2.86. The third-order valence-electron chi connectivity index (χ3n) is 7.06. The Labute approximate surface area is 211 Å². The van der Waals surface area contributed by atoms with Gasteiger partial charge in [-0.3, -0.25) is 0 Å². The quantitative estimate of drug-likeness (QED) is 0.187. The van der Waals surface area contributed by atoms with Crippen LogP contribution in [0.25, 0.3) is 33.8 Å². The zero-order chi connectivity index (χ0) is 22.8. The van der Waals surface area contributed by atoms with Gasteiger partial charge in [-0.25, -0.2) is 0 Å². The Balaban J connectivity index is 1.59. The number of hydrogen-bond acceptors (Lipinski definition) is 0.